The van der Waals surface area contributed by atoms with Crippen molar-refractivity contribution in [2.75, 3.05) is 18.3 Å². The molecule has 1 aromatic rings. The number of likely N-dealkylation sites (N-methyl/N-ethyl adjacent to an activating group) is 1. The van der Waals surface area contributed by atoms with Crippen LogP contribution >= 0.6 is 0 Å². The first kappa shape index (κ1) is 14.3. The van der Waals surface area contributed by atoms with Crippen LogP contribution in [0.5, 0.6) is 0 Å². The SMILES string of the molecule is CN(CC(=O)O)S(=O)(=O)Nc1c(F)cccc1F. The van der Waals surface area contributed by atoms with Crippen LogP contribution in [0, 0.1) is 11.6 Å². The quantitative estimate of drug-likeness (QED) is 0.828. The molecule has 0 bridgehead atoms. The minimum Gasteiger partial charge on any atom is -0.480 e. The number of nitrogens with one attached hydrogen (secondary N) is 1. The fourth-order valence-corrected chi connectivity index (χ4v) is 1.97. The van der Waals surface area contributed by atoms with Gasteiger partial charge >= 0.3 is 16.2 Å². The highest BCUT2D eigenvalue weighted by atomic mass is 32.2. The molecular formula is C9H10F2N2O4S. The second kappa shape index (κ2) is 5.27. The molecule has 0 heterocycles. The van der Waals surface area contributed by atoms with E-state index in [1.54, 1.807) is 4.72 Å². The van der Waals surface area contributed by atoms with Gasteiger partial charge in [0.15, 0.2) is 0 Å². The van der Waals surface area contributed by atoms with Crippen molar-refractivity contribution >= 4 is 21.9 Å². The molecule has 18 heavy (non-hydrogen) atoms. The Morgan fingerprint density at radius 3 is 2.33 bits per heavy atom. The summed E-state index contributed by atoms with van der Waals surface area (Å²) in [5, 5.41) is 8.44. The van der Waals surface area contributed by atoms with Gasteiger partial charge in [0.25, 0.3) is 0 Å². The monoisotopic (exact) mass is 280 g/mol. The van der Waals surface area contributed by atoms with Crippen LogP contribution in [0.25, 0.3) is 0 Å². The summed E-state index contributed by atoms with van der Waals surface area (Å²) in [7, 11) is -3.36. The summed E-state index contributed by atoms with van der Waals surface area (Å²) in [6.07, 6.45) is 0. The first-order valence-electron chi connectivity index (χ1n) is 4.64. The molecule has 0 radical (unpaired) electrons. The van der Waals surface area contributed by atoms with Gasteiger partial charge in [0, 0.05) is 7.05 Å². The van der Waals surface area contributed by atoms with Crippen LogP contribution in [0.1, 0.15) is 0 Å². The van der Waals surface area contributed by atoms with Crippen molar-refractivity contribution in [1.82, 2.24) is 4.31 Å². The summed E-state index contributed by atoms with van der Waals surface area (Å²) in [5.41, 5.74) is -0.852. The molecular weight excluding hydrogens is 270 g/mol. The van der Waals surface area contributed by atoms with E-state index in [1.807, 2.05) is 0 Å². The molecule has 0 unspecified atom stereocenters. The van der Waals surface area contributed by atoms with Crippen LogP contribution in [-0.2, 0) is 15.0 Å². The lowest BCUT2D eigenvalue weighted by molar-refractivity contribution is -0.137. The van der Waals surface area contributed by atoms with E-state index in [2.05, 4.69) is 0 Å². The molecule has 0 aromatic heterocycles. The Labute approximate surface area is 102 Å². The van der Waals surface area contributed by atoms with Crippen molar-refractivity contribution in [3.05, 3.63) is 29.8 Å². The lowest BCUT2D eigenvalue weighted by atomic mass is 10.3. The van der Waals surface area contributed by atoms with E-state index in [-0.39, 0.29) is 0 Å². The number of benzene rings is 1. The number of para-hydroxylation sites is 1. The van der Waals surface area contributed by atoms with Gasteiger partial charge in [-0.3, -0.25) is 9.52 Å². The second-order valence-corrected chi connectivity index (χ2v) is 5.13. The fourth-order valence-electron chi connectivity index (χ4n) is 1.08. The Hall–Kier alpha value is -1.74. The standard InChI is InChI=1S/C9H10F2N2O4S/c1-13(5-8(14)15)18(16,17)12-9-6(10)3-2-4-7(9)11/h2-4,12H,5H2,1H3,(H,14,15). The Morgan fingerprint density at radius 2 is 1.89 bits per heavy atom. The third-order valence-corrected chi connectivity index (χ3v) is 3.37. The molecule has 0 amide bonds. The molecule has 1 rings (SSSR count). The van der Waals surface area contributed by atoms with Gasteiger partial charge in [0.2, 0.25) is 0 Å². The van der Waals surface area contributed by atoms with Crippen LogP contribution in [0.2, 0.25) is 0 Å². The molecule has 0 atom stereocenters. The zero-order valence-corrected chi connectivity index (χ0v) is 10.0. The summed E-state index contributed by atoms with van der Waals surface area (Å²) in [5.74, 6) is -3.58. The number of carboxylic acids is 1. The van der Waals surface area contributed by atoms with Gasteiger partial charge in [-0.25, -0.2) is 8.78 Å². The van der Waals surface area contributed by atoms with Crippen molar-refractivity contribution in [2.45, 2.75) is 0 Å². The molecule has 9 heteroatoms. The van der Waals surface area contributed by atoms with Crippen LogP contribution in [0.15, 0.2) is 18.2 Å². The number of rotatable bonds is 5. The van der Waals surface area contributed by atoms with Crippen molar-refractivity contribution in [3.8, 4) is 0 Å². The number of carboxylic acid groups (broad SMARTS) is 1. The minimum atomic E-state index is -4.33. The number of hydrogen-bond acceptors (Lipinski definition) is 3. The number of carbonyl (C=O) groups is 1. The maximum absolute atomic E-state index is 13.2. The Kier molecular flexibility index (Phi) is 4.19. The van der Waals surface area contributed by atoms with E-state index < -0.39 is 40.0 Å². The highest BCUT2D eigenvalue weighted by Gasteiger charge is 2.23. The predicted molar refractivity (Wildman–Crippen MR) is 59.2 cm³/mol. The van der Waals surface area contributed by atoms with E-state index >= 15 is 0 Å². The molecule has 0 aliphatic heterocycles. The van der Waals surface area contributed by atoms with E-state index in [1.165, 1.54) is 0 Å². The van der Waals surface area contributed by atoms with Gasteiger partial charge in [-0.05, 0) is 12.1 Å². The molecule has 0 spiro atoms. The summed E-state index contributed by atoms with van der Waals surface area (Å²) in [6, 6.07) is 2.82. The number of nitrogens with zero attached hydrogens (tertiary/aromatic N) is 1. The van der Waals surface area contributed by atoms with E-state index in [4.69, 9.17) is 5.11 Å². The van der Waals surface area contributed by atoms with Gasteiger partial charge in [-0.15, -0.1) is 0 Å². The van der Waals surface area contributed by atoms with Gasteiger partial charge < -0.3 is 5.11 Å². The van der Waals surface area contributed by atoms with Gasteiger partial charge in [0.1, 0.15) is 23.9 Å². The summed E-state index contributed by atoms with van der Waals surface area (Å²) in [6.45, 7) is -0.828. The highest BCUT2D eigenvalue weighted by Crippen LogP contribution is 2.19. The molecule has 2 N–H and O–H groups in total. The Balaban J connectivity index is 2.99. The van der Waals surface area contributed by atoms with E-state index in [0.29, 0.717) is 4.31 Å². The van der Waals surface area contributed by atoms with Crippen molar-refractivity contribution in [2.24, 2.45) is 0 Å². The topological polar surface area (TPSA) is 86.7 Å². The largest absolute Gasteiger partial charge is 0.480 e. The minimum absolute atomic E-state index is 0.418. The first-order valence-corrected chi connectivity index (χ1v) is 6.08. The zero-order valence-electron chi connectivity index (χ0n) is 9.22. The van der Waals surface area contributed by atoms with Crippen LogP contribution in [0.4, 0.5) is 14.5 Å². The summed E-state index contributed by atoms with van der Waals surface area (Å²) >= 11 is 0. The van der Waals surface area contributed by atoms with Crippen molar-refractivity contribution in [1.29, 1.82) is 0 Å². The predicted octanol–water partition coefficient (Wildman–Crippen LogP) is 0.638. The van der Waals surface area contributed by atoms with Crippen LogP contribution < -0.4 is 4.72 Å². The smallest absolute Gasteiger partial charge is 0.318 e. The Morgan fingerprint density at radius 1 is 1.39 bits per heavy atom. The van der Waals surface area contributed by atoms with Crippen molar-refractivity contribution < 1.29 is 27.1 Å². The van der Waals surface area contributed by atoms with Gasteiger partial charge in [-0.2, -0.15) is 12.7 Å². The van der Waals surface area contributed by atoms with Crippen LogP contribution in [0.3, 0.4) is 0 Å². The van der Waals surface area contributed by atoms with Gasteiger partial charge in [-0.1, -0.05) is 6.07 Å². The number of aliphatic carboxylic acids is 1. The molecule has 0 aliphatic rings. The third kappa shape index (κ3) is 3.37. The second-order valence-electron chi connectivity index (χ2n) is 3.35. The number of hydrogen-bond donors (Lipinski definition) is 2. The average molecular weight is 280 g/mol. The molecule has 0 aliphatic carbocycles. The summed E-state index contributed by atoms with van der Waals surface area (Å²) in [4.78, 5) is 10.4. The van der Waals surface area contributed by atoms with Crippen LogP contribution in [-0.4, -0.2) is 37.4 Å². The van der Waals surface area contributed by atoms with E-state index in [9.17, 15) is 22.0 Å². The molecule has 6 nitrogen and oxygen atoms in total. The Bertz CT molecular complexity index is 541. The fraction of sp³-hybridized carbons (Fsp3) is 0.222. The molecule has 0 saturated heterocycles. The number of anilines is 1. The highest BCUT2D eigenvalue weighted by molar-refractivity contribution is 7.90. The summed E-state index contributed by atoms with van der Waals surface area (Å²) < 4.78 is 51.6. The van der Waals surface area contributed by atoms with E-state index in [0.717, 1.165) is 25.2 Å². The maximum atomic E-state index is 13.2. The third-order valence-electron chi connectivity index (χ3n) is 1.96. The molecule has 1 aromatic carbocycles. The molecule has 100 valence electrons. The normalized spacial score (nSPS) is 11.6. The number of halogens is 2. The average Bonchev–Trinajstić information content (AvgIpc) is 2.22. The zero-order chi connectivity index (χ0) is 13.9. The van der Waals surface area contributed by atoms with Crippen molar-refractivity contribution in [3.63, 3.8) is 0 Å². The lowest BCUT2D eigenvalue weighted by Crippen LogP contribution is -2.36. The maximum Gasteiger partial charge on any atom is 0.318 e. The molecule has 0 saturated carbocycles. The van der Waals surface area contributed by atoms with Gasteiger partial charge in [0.05, 0.1) is 0 Å². The lowest BCUT2D eigenvalue weighted by Gasteiger charge is -2.16. The first-order chi connectivity index (χ1) is 8.24. The molecule has 0 fully saturated rings.